The number of hydrogen-bond acceptors (Lipinski definition) is 8. The van der Waals surface area contributed by atoms with E-state index in [1.54, 1.807) is 28.7 Å². The van der Waals surface area contributed by atoms with E-state index in [9.17, 15) is 37.3 Å². The first-order valence-electron chi connectivity index (χ1n) is 15.5. The van der Waals surface area contributed by atoms with Crippen molar-refractivity contribution >= 4 is 59.9 Å². The smallest absolute Gasteiger partial charge is 0.354 e. The number of likely N-dealkylation sites (tertiary alicyclic amines) is 2. The van der Waals surface area contributed by atoms with Crippen LogP contribution in [0, 0.1) is 0 Å². The van der Waals surface area contributed by atoms with Gasteiger partial charge >= 0.3 is 13.3 Å². The van der Waals surface area contributed by atoms with E-state index in [0.717, 1.165) is 55.5 Å². The first-order chi connectivity index (χ1) is 22.6. The number of nitrogens with one attached hydrogen (secondary N) is 1. The maximum absolute atomic E-state index is 13.6. The molecule has 4 rings (SSSR count). The molecule has 2 saturated heterocycles. The van der Waals surface area contributed by atoms with Crippen LogP contribution in [0.1, 0.15) is 61.7 Å². The normalized spacial score (nSPS) is 16.1. The van der Waals surface area contributed by atoms with E-state index in [1.165, 1.54) is 38.6 Å². The van der Waals surface area contributed by atoms with Gasteiger partial charge in [0.05, 0.1) is 10.9 Å². The molecule has 3 N–H and O–H groups in total. The summed E-state index contributed by atoms with van der Waals surface area (Å²) in [6, 6.07) is 5.49. The SMILES string of the molecule is CC.CC(=O)N(CCC=O)CCC1CCCN1C.CN(C=O)C1CN(C=O)C1.CNC(=O)c1cc2cc(C(F)(F)P(=O)(O)O)ccc2s1. The molecule has 0 bridgehead atoms. The Hall–Kier alpha value is -3.30. The van der Waals surface area contributed by atoms with Gasteiger partial charge in [-0.25, -0.2) is 0 Å². The minimum absolute atomic E-state index is 0.0718. The van der Waals surface area contributed by atoms with Crippen LogP contribution < -0.4 is 5.32 Å². The highest BCUT2D eigenvalue weighted by atomic mass is 32.1. The van der Waals surface area contributed by atoms with Crippen molar-refractivity contribution in [3.8, 4) is 0 Å². The number of amides is 4. The molecule has 2 aromatic rings. The summed E-state index contributed by atoms with van der Waals surface area (Å²) in [5.74, 6) is -0.281. The molecule has 0 radical (unpaired) electrons. The highest BCUT2D eigenvalue weighted by Crippen LogP contribution is 2.59. The van der Waals surface area contributed by atoms with Crippen molar-refractivity contribution in [1.29, 1.82) is 0 Å². The van der Waals surface area contributed by atoms with Gasteiger partial charge in [0.1, 0.15) is 6.29 Å². The van der Waals surface area contributed by atoms with Crippen molar-refractivity contribution in [2.24, 2.45) is 0 Å². The number of aldehydes is 1. The van der Waals surface area contributed by atoms with E-state index in [0.29, 0.717) is 47.1 Å². The Kier molecular flexibility index (Phi) is 18.0. The van der Waals surface area contributed by atoms with Gasteiger partial charge in [0.15, 0.2) is 0 Å². The molecule has 17 heteroatoms. The van der Waals surface area contributed by atoms with Crippen molar-refractivity contribution in [2.45, 2.75) is 64.2 Å². The summed E-state index contributed by atoms with van der Waals surface area (Å²) in [5.41, 5.74) is -5.03. The number of halogens is 2. The Bertz CT molecular complexity index is 1400. The van der Waals surface area contributed by atoms with Crippen LogP contribution in [0.4, 0.5) is 8.78 Å². The second-order valence-corrected chi connectivity index (χ2v) is 13.8. The van der Waals surface area contributed by atoms with Gasteiger partial charge < -0.3 is 39.5 Å². The van der Waals surface area contributed by atoms with Gasteiger partial charge in [-0.1, -0.05) is 19.9 Å². The highest BCUT2D eigenvalue weighted by molar-refractivity contribution is 7.52. The van der Waals surface area contributed by atoms with Crippen LogP contribution in [0.3, 0.4) is 0 Å². The van der Waals surface area contributed by atoms with Crippen LogP contribution in [0.15, 0.2) is 24.3 Å². The molecular formula is C31H48F2N5O8PS. The summed E-state index contributed by atoms with van der Waals surface area (Å²) in [6.45, 7) is 9.44. The van der Waals surface area contributed by atoms with Gasteiger partial charge in [-0.3, -0.25) is 23.7 Å². The van der Waals surface area contributed by atoms with Gasteiger partial charge in [0.2, 0.25) is 18.7 Å². The van der Waals surface area contributed by atoms with Crippen molar-refractivity contribution in [2.75, 3.05) is 53.9 Å². The zero-order valence-corrected chi connectivity index (χ0v) is 30.0. The molecule has 1 aromatic heterocycles. The lowest BCUT2D eigenvalue weighted by Gasteiger charge is -2.40. The van der Waals surface area contributed by atoms with E-state index in [1.807, 2.05) is 13.8 Å². The van der Waals surface area contributed by atoms with Crippen LogP contribution >= 0.6 is 18.9 Å². The summed E-state index contributed by atoms with van der Waals surface area (Å²) in [7, 11) is -0.289. The first-order valence-corrected chi connectivity index (χ1v) is 18.0. The second-order valence-electron chi connectivity index (χ2n) is 11.0. The van der Waals surface area contributed by atoms with E-state index in [4.69, 9.17) is 9.79 Å². The maximum atomic E-state index is 13.6. The number of benzene rings is 1. The van der Waals surface area contributed by atoms with Crippen LogP contribution in [0.25, 0.3) is 10.1 Å². The molecule has 0 aliphatic carbocycles. The predicted octanol–water partition coefficient (Wildman–Crippen LogP) is 3.34. The molecule has 2 aliphatic heterocycles. The molecular weight excluding hydrogens is 671 g/mol. The Morgan fingerprint density at radius 2 is 1.79 bits per heavy atom. The van der Waals surface area contributed by atoms with E-state index in [2.05, 4.69) is 17.3 Å². The van der Waals surface area contributed by atoms with Crippen molar-refractivity contribution in [3.63, 3.8) is 0 Å². The molecule has 1 atom stereocenters. The summed E-state index contributed by atoms with van der Waals surface area (Å²) in [6.07, 6.45) is 6.42. The topological polar surface area (TPSA) is 168 Å². The molecule has 0 saturated carbocycles. The lowest BCUT2D eigenvalue weighted by molar-refractivity contribution is -0.130. The van der Waals surface area contributed by atoms with Crippen LogP contribution in [-0.4, -0.2) is 126 Å². The number of thiophene rings is 1. The molecule has 270 valence electrons. The van der Waals surface area contributed by atoms with Crippen molar-refractivity contribution < 1.29 is 47.1 Å². The minimum Gasteiger partial charge on any atom is -0.354 e. The fraction of sp³-hybridized carbons (Fsp3) is 0.581. The van der Waals surface area contributed by atoms with Gasteiger partial charge in [-0.15, -0.1) is 11.3 Å². The zero-order chi connectivity index (χ0) is 36.7. The number of rotatable bonds is 12. The number of carbonyl (C=O) groups is 5. The fourth-order valence-electron chi connectivity index (χ4n) is 4.84. The Balaban J connectivity index is 0.000000368. The Morgan fingerprint density at radius 3 is 2.27 bits per heavy atom. The molecule has 48 heavy (non-hydrogen) atoms. The minimum atomic E-state index is -5.60. The average molecular weight is 720 g/mol. The molecule has 2 fully saturated rings. The standard InChI is InChI=1S/C12H22N2O2.C11H10F2NO4PS.C6H10N2O2.C2H6/c1-11(16)14(8-4-10-15)9-6-12-5-3-7-13(12)2;1-14-10(15)9-5-6-4-7(2-3-8(6)20-9)11(12,13)19(16,17)18;1-7(4-9)6-2-8(3-6)5-10;1-2/h10,12H,3-9H2,1-2H3;2-5H,1H3,(H,14,15)(H2,16,17,18);4-6H,2-3H2,1H3;1-2H3. The lowest BCUT2D eigenvalue weighted by atomic mass is 10.1. The quantitative estimate of drug-likeness (QED) is 0.220. The third-order valence-electron chi connectivity index (χ3n) is 7.83. The number of carbonyl (C=O) groups excluding carboxylic acids is 5. The van der Waals surface area contributed by atoms with E-state index in [-0.39, 0.29) is 17.9 Å². The lowest BCUT2D eigenvalue weighted by Crippen LogP contribution is -2.57. The molecule has 3 heterocycles. The van der Waals surface area contributed by atoms with Gasteiger partial charge in [-0.2, -0.15) is 8.78 Å². The molecule has 1 aromatic carbocycles. The van der Waals surface area contributed by atoms with Crippen LogP contribution in [0.5, 0.6) is 0 Å². The predicted molar refractivity (Wildman–Crippen MR) is 181 cm³/mol. The summed E-state index contributed by atoms with van der Waals surface area (Å²) >= 11 is 1.11. The van der Waals surface area contributed by atoms with E-state index >= 15 is 0 Å². The summed E-state index contributed by atoms with van der Waals surface area (Å²) in [5, 5.41) is 2.74. The van der Waals surface area contributed by atoms with Gasteiger partial charge in [-0.05, 0) is 56.4 Å². The number of hydrogen-bond donors (Lipinski definition) is 3. The van der Waals surface area contributed by atoms with Gasteiger partial charge in [0.25, 0.3) is 5.91 Å². The fourth-order valence-corrected chi connectivity index (χ4v) is 6.30. The molecule has 4 amide bonds. The zero-order valence-electron chi connectivity index (χ0n) is 28.3. The van der Waals surface area contributed by atoms with E-state index < -0.39 is 18.8 Å². The van der Waals surface area contributed by atoms with Crippen LogP contribution in [0.2, 0.25) is 0 Å². The monoisotopic (exact) mass is 719 g/mol. The summed E-state index contributed by atoms with van der Waals surface area (Å²) in [4.78, 5) is 78.4. The highest BCUT2D eigenvalue weighted by Gasteiger charge is 2.50. The molecule has 13 nitrogen and oxygen atoms in total. The number of nitrogens with zero attached hydrogens (tertiary/aromatic N) is 4. The van der Waals surface area contributed by atoms with Gasteiger partial charge in [0, 0.05) is 69.9 Å². The number of fused-ring (bicyclic) bond motifs is 1. The molecule has 2 aliphatic rings. The third-order valence-corrected chi connectivity index (χ3v) is 9.93. The third kappa shape index (κ3) is 12.3. The van der Waals surface area contributed by atoms with Crippen LogP contribution in [-0.2, 0) is 29.4 Å². The second kappa shape index (κ2) is 20.3. The maximum Gasteiger partial charge on any atom is 0.399 e. The van der Waals surface area contributed by atoms with Crippen molar-refractivity contribution in [1.82, 2.24) is 24.9 Å². The number of likely N-dealkylation sites (N-methyl/N-ethyl adjacent to an activating group) is 1. The largest absolute Gasteiger partial charge is 0.399 e. The molecule has 0 spiro atoms. The first kappa shape index (κ1) is 42.7. The Morgan fingerprint density at radius 1 is 1.15 bits per heavy atom. The Labute approximate surface area is 284 Å². The number of alkyl halides is 2. The average Bonchev–Trinajstić information content (AvgIpc) is 3.66. The summed E-state index contributed by atoms with van der Waals surface area (Å²) < 4.78 is 38.6. The molecule has 1 unspecified atom stereocenters. The van der Waals surface area contributed by atoms with Crippen molar-refractivity contribution in [3.05, 3.63) is 34.7 Å².